The van der Waals surface area contributed by atoms with Gasteiger partial charge in [0.1, 0.15) is 5.82 Å². The topological polar surface area (TPSA) is 82.2 Å². The maximum Gasteiger partial charge on any atom is 0.242 e. The van der Waals surface area contributed by atoms with E-state index in [1.165, 1.54) is 0 Å². The average molecular weight is 250 g/mol. The van der Waals surface area contributed by atoms with Crippen LogP contribution in [0, 0.1) is 0 Å². The van der Waals surface area contributed by atoms with Crippen molar-refractivity contribution < 1.29 is 9.53 Å². The fourth-order valence-corrected chi connectivity index (χ4v) is 2.51. The highest BCUT2D eigenvalue weighted by molar-refractivity contribution is 5.94. The van der Waals surface area contributed by atoms with Crippen molar-refractivity contribution in [1.29, 1.82) is 0 Å². The van der Waals surface area contributed by atoms with Gasteiger partial charge in [-0.1, -0.05) is 0 Å². The van der Waals surface area contributed by atoms with Crippen molar-refractivity contribution in [3.63, 3.8) is 0 Å². The first-order valence-electron chi connectivity index (χ1n) is 6.46. The van der Waals surface area contributed by atoms with Crippen LogP contribution < -0.4 is 11.1 Å². The summed E-state index contributed by atoms with van der Waals surface area (Å²) in [5.74, 6) is 1.10. The average Bonchev–Trinajstić information content (AvgIpc) is 2.74. The van der Waals surface area contributed by atoms with E-state index in [4.69, 9.17) is 10.5 Å². The van der Waals surface area contributed by atoms with Crippen LogP contribution in [0.1, 0.15) is 30.9 Å². The number of aromatic nitrogens is 2. The van der Waals surface area contributed by atoms with Gasteiger partial charge in [-0.15, -0.1) is 0 Å². The van der Waals surface area contributed by atoms with Gasteiger partial charge in [-0.05, 0) is 19.3 Å². The van der Waals surface area contributed by atoms with Gasteiger partial charge in [0.2, 0.25) is 5.91 Å². The van der Waals surface area contributed by atoms with Gasteiger partial charge in [-0.25, -0.2) is 4.68 Å². The Morgan fingerprint density at radius 3 is 2.94 bits per heavy atom. The molecule has 3 N–H and O–H groups in total. The Labute approximate surface area is 105 Å². The minimum absolute atomic E-state index is 0.118. The van der Waals surface area contributed by atoms with Gasteiger partial charge in [0.15, 0.2) is 0 Å². The summed E-state index contributed by atoms with van der Waals surface area (Å²) in [5.41, 5.74) is 6.79. The summed E-state index contributed by atoms with van der Waals surface area (Å²) in [6.45, 7) is 2.28. The van der Waals surface area contributed by atoms with E-state index in [0.717, 1.165) is 37.6 Å². The van der Waals surface area contributed by atoms with Crippen molar-refractivity contribution >= 4 is 11.7 Å². The van der Waals surface area contributed by atoms with E-state index in [1.54, 1.807) is 0 Å². The number of carbonyl (C=O) groups excluding carboxylic acids is 1. The molecule has 0 spiro atoms. The van der Waals surface area contributed by atoms with E-state index in [-0.39, 0.29) is 5.91 Å². The maximum atomic E-state index is 11.7. The van der Waals surface area contributed by atoms with Crippen LogP contribution >= 0.6 is 0 Å². The van der Waals surface area contributed by atoms with Gasteiger partial charge < -0.3 is 15.8 Å². The van der Waals surface area contributed by atoms with Gasteiger partial charge in [-0.3, -0.25) is 4.79 Å². The molecule has 0 radical (unpaired) electrons. The molecule has 6 nitrogen and oxygen atoms in total. The lowest BCUT2D eigenvalue weighted by Gasteiger charge is -2.19. The summed E-state index contributed by atoms with van der Waals surface area (Å²) in [4.78, 5) is 11.7. The van der Waals surface area contributed by atoms with Crippen LogP contribution in [0.3, 0.4) is 0 Å². The van der Waals surface area contributed by atoms with Crippen molar-refractivity contribution in [2.24, 2.45) is 5.73 Å². The number of nitrogens with one attached hydrogen (secondary N) is 1. The molecular weight excluding hydrogens is 232 g/mol. The number of rotatable bonds is 1. The smallest absolute Gasteiger partial charge is 0.242 e. The second kappa shape index (κ2) is 4.70. The predicted octanol–water partition coefficient (Wildman–Crippen LogP) is 0.447. The van der Waals surface area contributed by atoms with Crippen LogP contribution in [-0.4, -0.2) is 34.9 Å². The summed E-state index contributed by atoms with van der Waals surface area (Å²) < 4.78 is 7.21. The van der Waals surface area contributed by atoms with E-state index in [0.29, 0.717) is 18.9 Å². The maximum absolute atomic E-state index is 11.7. The summed E-state index contributed by atoms with van der Waals surface area (Å²) >= 11 is 0. The molecule has 0 saturated carbocycles. The second-order valence-corrected chi connectivity index (χ2v) is 4.95. The van der Waals surface area contributed by atoms with Crippen molar-refractivity contribution in [3.8, 4) is 0 Å². The van der Waals surface area contributed by atoms with Gasteiger partial charge in [0.25, 0.3) is 0 Å². The van der Waals surface area contributed by atoms with Crippen LogP contribution in [0.5, 0.6) is 0 Å². The number of fused-ring (bicyclic) bond motifs is 1. The molecule has 0 aliphatic carbocycles. The molecular formula is C12H18N4O2. The third-order valence-electron chi connectivity index (χ3n) is 3.68. The molecule has 1 amide bonds. The largest absolute Gasteiger partial charge is 0.381 e. The Bertz CT molecular complexity index is 451. The molecule has 1 aromatic rings. The van der Waals surface area contributed by atoms with E-state index >= 15 is 0 Å². The number of carbonyl (C=O) groups is 1. The van der Waals surface area contributed by atoms with Gasteiger partial charge in [0.05, 0.1) is 11.7 Å². The third-order valence-corrected chi connectivity index (χ3v) is 3.68. The summed E-state index contributed by atoms with van der Waals surface area (Å²) in [6.07, 6.45) is 2.64. The zero-order chi connectivity index (χ0) is 12.5. The van der Waals surface area contributed by atoms with Gasteiger partial charge in [0, 0.05) is 31.7 Å². The van der Waals surface area contributed by atoms with Crippen molar-refractivity contribution in [3.05, 3.63) is 11.8 Å². The fraction of sp³-hybridized carbons (Fsp3) is 0.667. The number of aryl methyl sites for hydroxylation is 1. The molecule has 1 fully saturated rings. The zero-order valence-corrected chi connectivity index (χ0v) is 10.3. The number of anilines is 1. The van der Waals surface area contributed by atoms with Crippen molar-refractivity contribution in [1.82, 2.24) is 9.78 Å². The molecule has 0 bridgehead atoms. The van der Waals surface area contributed by atoms with Crippen molar-refractivity contribution in [2.45, 2.75) is 37.8 Å². The number of hydrogen-bond donors (Lipinski definition) is 2. The lowest BCUT2D eigenvalue weighted by molar-refractivity contribution is -0.117. The van der Waals surface area contributed by atoms with Gasteiger partial charge >= 0.3 is 0 Å². The summed E-state index contributed by atoms with van der Waals surface area (Å²) in [5, 5.41) is 7.43. The predicted molar refractivity (Wildman–Crippen MR) is 66.2 cm³/mol. The Morgan fingerprint density at radius 2 is 2.17 bits per heavy atom. The molecule has 0 aromatic carbocycles. The number of nitrogens with zero attached hydrogens (tertiary/aromatic N) is 2. The molecule has 2 aliphatic heterocycles. The lowest BCUT2D eigenvalue weighted by Crippen LogP contribution is -2.34. The zero-order valence-electron chi connectivity index (χ0n) is 10.3. The lowest BCUT2D eigenvalue weighted by atomic mass is 9.97. The fourth-order valence-electron chi connectivity index (χ4n) is 2.51. The van der Waals surface area contributed by atoms with Gasteiger partial charge in [-0.2, -0.15) is 5.10 Å². The van der Waals surface area contributed by atoms with Crippen LogP contribution in [0.15, 0.2) is 6.07 Å². The Morgan fingerprint density at radius 1 is 1.39 bits per heavy atom. The number of ether oxygens (including phenoxy) is 1. The minimum atomic E-state index is -0.432. The molecule has 18 heavy (non-hydrogen) atoms. The molecule has 3 rings (SSSR count). The van der Waals surface area contributed by atoms with Crippen LogP contribution in [0.4, 0.5) is 5.82 Å². The van der Waals surface area contributed by atoms with Crippen LogP contribution in [0.2, 0.25) is 0 Å². The van der Waals surface area contributed by atoms with E-state index in [9.17, 15) is 4.79 Å². The highest BCUT2D eigenvalue weighted by atomic mass is 16.5. The SMILES string of the molecule is NC1CCn2nc(C3CCOCC3)cc2NC1=O. The number of hydrogen-bond acceptors (Lipinski definition) is 4. The normalized spacial score (nSPS) is 25.4. The molecule has 1 saturated heterocycles. The van der Waals surface area contributed by atoms with Crippen LogP contribution in [-0.2, 0) is 16.1 Å². The molecule has 2 aliphatic rings. The summed E-state index contributed by atoms with van der Waals surface area (Å²) in [7, 11) is 0. The number of nitrogens with two attached hydrogens (primary N) is 1. The molecule has 6 heteroatoms. The Hall–Kier alpha value is -1.40. The van der Waals surface area contributed by atoms with Crippen molar-refractivity contribution in [2.75, 3.05) is 18.5 Å². The Kier molecular flexibility index (Phi) is 3.05. The minimum Gasteiger partial charge on any atom is -0.381 e. The highest BCUT2D eigenvalue weighted by Gasteiger charge is 2.24. The molecule has 1 unspecified atom stereocenters. The van der Waals surface area contributed by atoms with Crippen LogP contribution in [0.25, 0.3) is 0 Å². The molecule has 1 aromatic heterocycles. The third kappa shape index (κ3) is 2.13. The van der Waals surface area contributed by atoms with E-state index in [2.05, 4.69) is 10.4 Å². The van der Waals surface area contributed by atoms with E-state index < -0.39 is 6.04 Å². The molecule has 1 atom stereocenters. The first-order chi connectivity index (χ1) is 8.74. The second-order valence-electron chi connectivity index (χ2n) is 4.95. The quantitative estimate of drug-likeness (QED) is 0.758. The summed E-state index contributed by atoms with van der Waals surface area (Å²) in [6, 6.07) is 1.55. The highest BCUT2D eigenvalue weighted by Crippen LogP contribution is 2.28. The number of amides is 1. The standard InChI is InChI=1S/C12H18N4O2/c13-9-1-4-16-11(14-12(9)17)7-10(15-16)8-2-5-18-6-3-8/h7-9H,1-6,13H2,(H,14,17). The first-order valence-corrected chi connectivity index (χ1v) is 6.46. The molecule has 98 valence electrons. The first kappa shape index (κ1) is 11.7. The molecule has 3 heterocycles. The Balaban J connectivity index is 1.82. The van der Waals surface area contributed by atoms with E-state index in [1.807, 2.05) is 10.7 Å². The monoisotopic (exact) mass is 250 g/mol.